The molecule has 1 aliphatic heterocycles. The summed E-state index contributed by atoms with van der Waals surface area (Å²) in [5.74, 6) is -0.642. The number of aryl methyl sites for hydroxylation is 1. The largest absolute Gasteiger partial charge is 0.478 e. The smallest absolute Gasteiger partial charge is 0.335 e. The topological polar surface area (TPSA) is 57.6 Å². The zero-order valence-corrected chi connectivity index (χ0v) is 11.1. The van der Waals surface area contributed by atoms with E-state index in [2.05, 4.69) is 6.92 Å². The van der Waals surface area contributed by atoms with Gasteiger partial charge in [0.25, 0.3) is 0 Å². The lowest BCUT2D eigenvalue weighted by atomic mass is 10.1. The van der Waals surface area contributed by atoms with E-state index in [1.165, 1.54) is 0 Å². The van der Waals surface area contributed by atoms with Gasteiger partial charge in [0.05, 0.1) is 5.56 Å². The first-order valence-corrected chi connectivity index (χ1v) is 6.69. The Hall–Kier alpha value is -1.84. The number of likely N-dealkylation sites (tertiary alicyclic amines) is 1. The van der Waals surface area contributed by atoms with Crippen molar-refractivity contribution >= 4 is 11.9 Å². The van der Waals surface area contributed by atoms with E-state index in [1.807, 2.05) is 17.0 Å². The van der Waals surface area contributed by atoms with Gasteiger partial charge in [0, 0.05) is 19.0 Å². The van der Waals surface area contributed by atoms with Crippen molar-refractivity contribution in [3.05, 3.63) is 35.4 Å². The molecule has 0 aromatic heterocycles. The minimum Gasteiger partial charge on any atom is -0.478 e. The maximum Gasteiger partial charge on any atom is 0.335 e. The summed E-state index contributed by atoms with van der Waals surface area (Å²) in [7, 11) is 0. The number of carboxylic acids is 1. The molecule has 0 bridgehead atoms. The van der Waals surface area contributed by atoms with Gasteiger partial charge in [0.15, 0.2) is 0 Å². The monoisotopic (exact) mass is 261 g/mol. The molecule has 4 nitrogen and oxygen atoms in total. The van der Waals surface area contributed by atoms with Gasteiger partial charge in [-0.05, 0) is 43.9 Å². The van der Waals surface area contributed by atoms with Gasteiger partial charge in [0.1, 0.15) is 0 Å². The van der Waals surface area contributed by atoms with Crippen LogP contribution in [-0.2, 0) is 11.2 Å². The number of amides is 1. The van der Waals surface area contributed by atoms with E-state index in [1.54, 1.807) is 12.1 Å². The number of carbonyl (C=O) groups is 2. The van der Waals surface area contributed by atoms with Crippen LogP contribution >= 0.6 is 0 Å². The van der Waals surface area contributed by atoms with Crippen molar-refractivity contribution in [3.8, 4) is 0 Å². The van der Waals surface area contributed by atoms with Crippen molar-refractivity contribution in [1.29, 1.82) is 0 Å². The van der Waals surface area contributed by atoms with E-state index in [0.29, 0.717) is 18.0 Å². The van der Waals surface area contributed by atoms with E-state index >= 15 is 0 Å². The highest BCUT2D eigenvalue weighted by Crippen LogP contribution is 2.18. The predicted molar refractivity (Wildman–Crippen MR) is 72.1 cm³/mol. The van der Waals surface area contributed by atoms with Crippen molar-refractivity contribution in [3.63, 3.8) is 0 Å². The van der Waals surface area contributed by atoms with Crippen molar-refractivity contribution in [2.75, 3.05) is 6.54 Å². The quantitative estimate of drug-likeness (QED) is 0.885. The van der Waals surface area contributed by atoms with Gasteiger partial charge in [-0.3, -0.25) is 4.79 Å². The Kier molecular flexibility index (Phi) is 4.20. The maximum atomic E-state index is 11.6. The number of hydrogen-bond donors (Lipinski definition) is 1. The molecule has 1 aliphatic rings. The molecule has 1 amide bonds. The maximum absolute atomic E-state index is 11.6. The van der Waals surface area contributed by atoms with Crippen LogP contribution in [0.2, 0.25) is 0 Å². The number of benzene rings is 1. The van der Waals surface area contributed by atoms with Gasteiger partial charge in [-0.25, -0.2) is 4.79 Å². The molecule has 1 aromatic rings. The van der Waals surface area contributed by atoms with Crippen LogP contribution in [0.25, 0.3) is 0 Å². The summed E-state index contributed by atoms with van der Waals surface area (Å²) in [6.07, 6.45) is 3.43. The minimum atomic E-state index is -0.900. The zero-order valence-electron chi connectivity index (χ0n) is 11.1. The highest BCUT2D eigenvalue weighted by atomic mass is 16.4. The molecule has 1 atom stereocenters. The molecule has 0 aliphatic carbocycles. The van der Waals surface area contributed by atoms with Crippen molar-refractivity contribution < 1.29 is 14.7 Å². The lowest BCUT2D eigenvalue weighted by Crippen LogP contribution is -2.32. The van der Waals surface area contributed by atoms with Crippen molar-refractivity contribution in [2.45, 2.75) is 38.6 Å². The van der Waals surface area contributed by atoms with Gasteiger partial charge < -0.3 is 10.0 Å². The molecule has 19 heavy (non-hydrogen) atoms. The molecule has 4 heteroatoms. The molecular weight excluding hydrogens is 242 g/mol. The molecule has 1 fully saturated rings. The third kappa shape index (κ3) is 3.34. The first-order chi connectivity index (χ1) is 9.08. The van der Waals surface area contributed by atoms with E-state index < -0.39 is 5.97 Å². The Labute approximate surface area is 113 Å². The third-order valence-electron chi connectivity index (χ3n) is 3.69. The molecule has 2 rings (SSSR count). The van der Waals surface area contributed by atoms with Gasteiger partial charge >= 0.3 is 5.97 Å². The molecule has 1 heterocycles. The van der Waals surface area contributed by atoms with E-state index in [9.17, 15) is 9.59 Å². The van der Waals surface area contributed by atoms with Crippen molar-refractivity contribution in [2.24, 2.45) is 0 Å². The van der Waals surface area contributed by atoms with Crippen LogP contribution in [0.5, 0.6) is 0 Å². The van der Waals surface area contributed by atoms with Crippen LogP contribution in [0.15, 0.2) is 24.3 Å². The lowest BCUT2D eigenvalue weighted by Gasteiger charge is -2.21. The van der Waals surface area contributed by atoms with Crippen LogP contribution in [-0.4, -0.2) is 34.5 Å². The number of carbonyl (C=O) groups excluding carboxylic acids is 1. The summed E-state index contributed by atoms with van der Waals surface area (Å²) in [6.45, 7) is 2.88. The van der Waals surface area contributed by atoms with Gasteiger partial charge in [-0.15, -0.1) is 0 Å². The van der Waals surface area contributed by atoms with Crippen LogP contribution in [0.4, 0.5) is 0 Å². The lowest BCUT2D eigenvalue weighted by molar-refractivity contribution is -0.128. The van der Waals surface area contributed by atoms with Gasteiger partial charge in [0.2, 0.25) is 5.91 Å². The second-order valence-electron chi connectivity index (χ2n) is 5.08. The van der Waals surface area contributed by atoms with Crippen LogP contribution in [0.3, 0.4) is 0 Å². The van der Waals surface area contributed by atoms with E-state index in [-0.39, 0.29) is 5.91 Å². The number of carboxylic acid groups (broad SMARTS) is 1. The Morgan fingerprint density at radius 2 is 2.05 bits per heavy atom. The predicted octanol–water partition coefficient (Wildman–Crippen LogP) is 2.33. The zero-order chi connectivity index (χ0) is 13.8. The van der Waals surface area contributed by atoms with Gasteiger partial charge in [-0.1, -0.05) is 12.1 Å². The van der Waals surface area contributed by atoms with Crippen LogP contribution in [0.1, 0.15) is 42.1 Å². The molecular formula is C15H19NO3. The Morgan fingerprint density at radius 1 is 1.37 bits per heavy atom. The average Bonchev–Trinajstić information content (AvgIpc) is 2.71. The van der Waals surface area contributed by atoms with Crippen LogP contribution < -0.4 is 0 Å². The summed E-state index contributed by atoms with van der Waals surface area (Å²) in [5, 5.41) is 8.81. The number of rotatable bonds is 5. The highest BCUT2D eigenvalue weighted by molar-refractivity contribution is 5.87. The van der Waals surface area contributed by atoms with Crippen molar-refractivity contribution in [1.82, 2.24) is 4.90 Å². The van der Waals surface area contributed by atoms with E-state index in [0.717, 1.165) is 31.4 Å². The first-order valence-electron chi connectivity index (χ1n) is 6.69. The third-order valence-corrected chi connectivity index (χ3v) is 3.69. The Morgan fingerprint density at radius 3 is 2.58 bits per heavy atom. The van der Waals surface area contributed by atoms with Gasteiger partial charge in [-0.2, -0.15) is 0 Å². The second kappa shape index (κ2) is 5.87. The highest BCUT2D eigenvalue weighted by Gasteiger charge is 2.26. The number of hydrogen-bond acceptors (Lipinski definition) is 2. The second-order valence-corrected chi connectivity index (χ2v) is 5.08. The molecule has 0 radical (unpaired) electrons. The molecule has 1 saturated heterocycles. The summed E-state index contributed by atoms with van der Waals surface area (Å²) in [5.41, 5.74) is 1.43. The summed E-state index contributed by atoms with van der Waals surface area (Å²) >= 11 is 0. The Bertz CT molecular complexity index is 467. The minimum absolute atomic E-state index is 0.258. The number of aromatic carboxylic acids is 1. The molecule has 0 spiro atoms. The molecule has 0 saturated carbocycles. The fraction of sp³-hybridized carbons (Fsp3) is 0.467. The standard InChI is InChI=1S/C15H19NO3/c1-11-4-9-14(17)16(11)10-2-3-12-5-7-13(8-6-12)15(18)19/h5-8,11H,2-4,9-10H2,1H3,(H,18,19). The SMILES string of the molecule is CC1CCC(=O)N1CCCc1ccc(C(=O)O)cc1. The summed E-state index contributed by atoms with van der Waals surface area (Å²) in [4.78, 5) is 24.3. The Balaban J connectivity index is 1.82. The van der Waals surface area contributed by atoms with Crippen LogP contribution in [0, 0.1) is 0 Å². The average molecular weight is 261 g/mol. The summed E-state index contributed by atoms with van der Waals surface area (Å²) in [6, 6.07) is 7.31. The fourth-order valence-electron chi connectivity index (χ4n) is 2.49. The number of nitrogens with zero attached hydrogens (tertiary/aromatic N) is 1. The molecule has 1 N–H and O–H groups in total. The molecule has 1 unspecified atom stereocenters. The van der Waals surface area contributed by atoms with E-state index in [4.69, 9.17) is 5.11 Å². The first kappa shape index (κ1) is 13.6. The fourth-order valence-corrected chi connectivity index (χ4v) is 2.49. The molecule has 102 valence electrons. The normalized spacial score (nSPS) is 18.9. The summed E-state index contributed by atoms with van der Waals surface area (Å²) < 4.78 is 0. The molecule has 1 aromatic carbocycles.